The Morgan fingerprint density at radius 3 is 1.27 bits per heavy atom. The molecule has 0 radical (unpaired) electrons. The molecule has 0 saturated carbocycles. The monoisotopic (exact) mass is 1490 g/mol. The molecular weight excluding hydrogens is 1400 g/mol. The Labute approximate surface area is 664 Å². The molecular formula is C98H91N10O5+5. The number of nitrogens with zero attached hydrogens (tertiary/aromatic N) is 10. The van der Waals surface area contributed by atoms with Crippen LogP contribution in [0.2, 0.25) is 0 Å². The smallest absolute Gasteiger partial charge is 0.217 e. The Balaban J connectivity index is 0.000000111. The summed E-state index contributed by atoms with van der Waals surface area (Å²) >= 11 is 0. The van der Waals surface area contributed by atoms with Crippen molar-refractivity contribution >= 4 is 110 Å². The van der Waals surface area contributed by atoms with E-state index in [1.54, 1.807) is 36.9 Å². The van der Waals surface area contributed by atoms with Gasteiger partial charge in [-0.2, -0.15) is 0 Å². The third kappa shape index (κ3) is 13.9. The SMILES string of the molecule is CCc1ccc(-c2c(C)ccc3c2oc2cccnc23)[n+](C)c1.CCc1ccc(-c2c(C)ccc3c2oc2ccncc23)[n+](C)c1.CCc1ccc(-c2c(C)ccc3c2oc2cnccc23)[n+](C)c1.[2H]C([2H])([2H])c1ccc(-c2c(C)cnc3c2oc2ccccc23)[n+](C)c1.[2H]C([2H])([2H])c1ccc(-c2c(C)ncc3c2oc2ccccc23)[n+](C)c1. The number of aryl methyl sites for hydroxylation is 15. The van der Waals surface area contributed by atoms with Crippen molar-refractivity contribution in [3.05, 3.63) is 300 Å². The molecule has 15 nitrogen and oxygen atoms in total. The van der Waals surface area contributed by atoms with Crippen molar-refractivity contribution in [1.82, 2.24) is 24.9 Å². The first-order chi connectivity index (χ1) is 57.3. The average Bonchev–Trinajstić information content (AvgIpc) is 1.60. The molecule has 0 amide bonds. The largest absolute Gasteiger partial charge is 0.455 e. The quantitative estimate of drug-likeness (QED) is 0.135. The van der Waals surface area contributed by atoms with E-state index in [9.17, 15) is 0 Å². The standard InChI is InChI=1S/3C20H19N2O.2C19H17N2O/c1-4-14-6-8-17(22(3)12-14)19-13(2)5-7-16-15-9-10-21-11-18(15)23-20(16)19;1-4-14-6-8-17(22(3)12-14)19-13(2)5-7-15-16-11-21-10-9-18(16)23-20(15)19;1-4-14-8-10-16(22(3)12-14)18-13(2)7-9-15-19-17(23-20(15)18)6-5-11-21-19;1-12-8-9-16(21(3)11-12)18-13(2)20-10-15-14-6-4-5-7-17(14)22-19(15)18;1-12-8-9-15(21(3)11-12)17-13(2)10-20-18-14-6-4-5-7-16(14)22-19(17)18/h3*5-12H,4H2,1-3H3;2*4-11H,1-3H3/q5*+1/i;;;2*1D3. The summed E-state index contributed by atoms with van der Waals surface area (Å²) in [5, 5.41) is 8.46. The predicted molar refractivity (Wildman–Crippen MR) is 452 cm³/mol. The van der Waals surface area contributed by atoms with E-state index in [4.69, 9.17) is 30.3 Å². The molecule has 558 valence electrons. The highest BCUT2D eigenvalue weighted by Gasteiger charge is 2.27. The van der Waals surface area contributed by atoms with Crippen LogP contribution >= 0.6 is 0 Å². The van der Waals surface area contributed by atoms with Gasteiger partial charge in [-0.15, -0.1) is 0 Å². The number of pyridine rings is 10. The van der Waals surface area contributed by atoms with Crippen LogP contribution in [0.15, 0.2) is 266 Å². The van der Waals surface area contributed by atoms with Crippen LogP contribution < -0.4 is 22.8 Å². The maximum Gasteiger partial charge on any atom is 0.217 e. The zero-order valence-electron chi connectivity index (χ0n) is 71.7. The predicted octanol–water partition coefficient (Wildman–Crippen LogP) is 21.2. The molecule has 20 aromatic rings. The van der Waals surface area contributed by atoms with Crippen molar-refractivity contribution < 1.29 is 53.1 Å². The molecule has 0 saturated heterocycles. The van der Waals surface area contributed by atoms with Crippen molar-refractivity contribution in [3.63, 3.8) is 0 Å². The third-order valence-corrected chi connectivity index (χ3v) is 21.5. The minimum Gasteiger partial charge on any atom is -0.455 e. The van der Waals surface area contributed by atoms with Gasteiger partial charge >= 0.3 is 0 Å². The summed E-state index contributed by atoms with van der Waals surface area (Å²) in [5.41, 5.74) is 30.7. The number of fused-ring (bicyclic) bond motifs is 15. The first-order valence-electron chi connectivity index (χ1n) is 41.1. The number of hydrogen-bond donors (Lipinski definition) is 0. The van der Waals surface area contributed by atoms with E-state index < -0.39 is 13.7 Å². The van der Waals surface area contributed by atoms with Crippen molar-refractivity contribution in [2.24, 2.45) is 35.2 Å². The van der Waals surface area contributed by atoms with Gasteiger partial charge < -0.3 is 22.1 Å². The second kappa shape index (κ2) is 30.8. The summed E-state index contributed by atoms with van der Waals surface area (Å²) in [6.45, 7) is 12.6. The van der Waals surface area contributed by atoms with E-state index in [1.165, 1.54) is 33.4 Å². The van der Waals surface area contributed by atoms with Crippen molar-refractivity contribution in [1.29, 1.82) is 0 Å². The molecule has 15 aromatic heterocycles. The van der Waals surface area contributed by atoms with E-state index >= 15 is 0 Å². The summed E-state index contributed by atoms with van der Waals surface area (Å²) in [5.74, 6) is 0. The number of rotatable bonds is 8. The molecule has 0 spiro atoms. The molecule has 0 N–H and O–H groups in total. The molecule has 0 bridgehead atoms. The lowest BCUT2D eigenvalue weighted by Crippen LogP contribution is -2.31. The topological polar surface area (TPSA) is 150 Å². The van der Waals surface area contributed by atoms with Crippen LogP contribution in [0, 0.1) is 48.3 Å². The van der Waals surface area contributed by atoms with Crippen LogP contribution in [-0.2, 0) is 54.5 Å². The molecule has 15 heterocycles. The molecule has 0 aliphatic heterocycles. The van der Waals surface area contributed by atoms with E-state index in [1.807, 2.05) is 153 Å². The van der Waals surface area contributed by atoms with Gasteiger partial charge in [0.05, 0.1) is 34.1 Å². The van der Waals surface area contributed by atoms with Crippen LogP contribution in [0.3, 0.4) is 0 Å². The van der Waals surface area contributed by atoms with Crippen LogP contribution in [0.4, 0.5) is 0 Å². The van der Waals surface area contributed by atoms with Crippen molar-refractivity contribution in [2.75, 3.05) is 0 Å². The minimum atomic E-state index is -2.13. The fourth-order valence-electron chi connectivity index (χ4n) is 15.5. The van der Waals surface area contributed by atoms with Crippen LogP contribution in [0.25, 0.3) is 166 Å². The van der Waals surface area contributed by atoms with Gasteiger partial charge in [0.2, 0.25) is 28.5 Å². The lowest BCUT2D eigenvalue weighted by molar-refractivity contribution is -0.660. The molecule has 20 rings (SSSR count). The second-order valence-corrected chi connectivity index (χ2v) is 28.9. The van der Waals surface area contributed by atoms with Gasteiger partial charge in [-0.3, -0.25) is 24.9 Å². The number of hydrogen-bond acceptors (Lipinski definition) is 10. The van der Waals surface area contributed by atoms with Crippen molar-refractivity contribution in [3.8, 4) is 56.3 Å². The van der Waals surface area contributed by atoms with Gasteiger partial charge in [0.1, 0.15) is 79.8 Å². The number of aromatic nitrogens is 10. The number of benzene rings is 5. The summed E-state index contributed by atoms with van der Waals surface area (Å²) in [4.78, 5) is 22.0. The van der Waals surface area contributed by atoms with Gasteiger partial charge in [-0.25, -0.2) is 22.8 Å². The fraction of sp³-hybridized carbons (Fsp3) is 0.184. The summed E-state index contributed by atoms with van der Waals surface area (Å²) < 4.78 is 86.4. The molecule has 0 fully saturated rings. The molecule has 0 aliphatic rings. The molecule has 0 unspecified atom stereocenters. The van der Waals surface area contributed by atoms with Gasteiger partial charge in [0.25, 0.3) is 0 Å². The zero-order chi connectivity index (χ0) is 83.5. The Morgan fingerprint density at radius 1 is 0.292 bits per heavy atom. The summed E-state index contributed by atoms with van der Waals surface area (Å²) in [6, 6.07) is 56.4. The van der Waals surface area contributed by atoms with Gasteiger partial charge in [0.15, 0.2) is 58.9 Å². The normalized spacial score (nSPS) is 12.4. The molecule has 15 heteroatoms. The first kappa shape index (κ1) is 66.6. The maximum absolute atomic E-state index is 7.58. The maximum atomic E-state index is 7.58. The lowest BCUT2D eigenvalue weighted by atomic mass is 10.0. The van der Waals surface area contributed by atoms with Crippen molar-refractivity contribution in [2.45, 2.75) is 88.4 Å². The average molecular weight is 1490 g/mol. The Hall–Kier alpha value is -13.4. The second-order valence-electron chi connectivity index (χ2n) is 28.9. The minimum absolute atomic E-state index is 0.307. The van der Waals surface area contributed by atoms with Gasteiger partial charge in [-0.1, -0.05) is 81.4 Å². The van der Waals surface area contributed by atoms with E-state index in [0.717, 1.165) is 197 Å². The molecule has 113 heavy (non-hydrogen) atoms. The fourth-order valence-corrected chi connectivity index (χ4v) is 15.5. The number of furan rings is 5. The summed E-state index contributed by atoms with van der Waals surface area (Å²) in [6.07, 6.45) is 25.7. The number of para-hydroxylation sites is 2. The Morgan fingerprint density at radius 2 is 0.717 bits per heavy atom. The van der Waals surface area contributed by atoms with E-state index in [2.05, 4.69) is 193 Å². The van der Waals surface area contributed by atoms with Gasteiger partial charge in [0, 0.05) is 147 Å². The zero-order valence-corrected chi connectivity index (χ0v) is 65.7. The van der Waals surface area contributed by atoms with Crippen LogP contribution in [-0.4, -0.2) is 24.9 Å². The first-order valence-corrected chi connectivity index (χ1v) is 38.1. The van der Waals surface area contributed by atoms with Gasteiger partial charge in [-0.05, 0) is 169 Å². The lowest BCUT2D eigenvalue weighted by Gasteiger charge is -2.06. The highest BCUT2D eigenvalue weighted by atomic mass is 16.3. The molecule has 0 aliphatic carbocycles. The molecule has 0 atom stereocenters. The van der Waals surface area contributed by atoms with Crippen LogP contribution in [0.1, 0.15) is 84.8 Å². The van der Waals surface area contributed by atoms with E-state index in [-0.39, 0.29) is 0 Å². The Bertz CT molecular complexity index is 6750. The highest BCUT2D eigenvalue weighted by Crippen LogP contribution is 2.42. The van der Waals surface area contributed by atoms with E-state index in [0.29, 0.717) is 11.1 Å². The van der Waals surface area contributed by atoms with Crippen LogP contribution in [0.5, 0.6) is 0 Å². The Kier molecular flexibility index (Phi) is 18.2. The highest BCUT2D eigenvalue weighted by molar-refractivity contribution is 6.13. The molecule has 5 aromatic carbocycles. The summed E-state index contributed by atoms with van der Waals surface area (Å²) in [7, 11) is 9.96. The third-order valence-electron chi connectivity index (χ3n) is 21.5.